The van der Waals surface area contributed by atoms with Gasteiger partial charge in [-0.05, 0) is 24.6 Å². The van der Waals surface area contributed by atoms with E-state index in [1.807, 2.05) is 12.1 Å². The van der Waals surface area contributed by atoms with Crippen LogP contribution in [-0.4, -0.2) is 30.8 Å². The van der Waals surface area contributed by atoms with Crippen molar-refractivity contribution in [1.29, 1.82) is 0 Å². The molecule has 1 aromatic heterocycles. The highest BCUT2D eigenvalue weighted by Crippen LogP contribution is 2.34. The number of anilines is 2. The van der Waals surface area contributed by atoms with Crippen LogP contribution in [0, 0.1) is 5.82 Å². The number of nitrogens with zero attached hydrogens (tertiary/aromatic N) is 2. The lowest BCUT2D eigenvalue weighted by Crippen LogP contribution is -2.45. The minimum absolute atomic E-state index is 0.173. The quantitative estimate of drug-likeness (QED) is 0.856. The Morgan fingerprint density at radius 3 is 3.20 bits per heavy atom. The lowest BCUT2D eigenvalue weighted by molar-refractivity contribution is 0.0927. The van der Waals surface area contributed by atoms with Crippen LogP contribution in [0.2, 0.25) is 0 Å². The first-order valence-electron chi connectivity index (χ1n) is 6.89. The predicted molar refractivity (Wildman–Crippen MR) is 78.4 cm³/mol. The third-order valence-electron chi connectivity index (χ3n) is 3.84. The Kier molecular flexibility index (Phi) is 3.44. The zero-order valence-electron chi connectivity index (χ0n) is 11.5. The van der Waals surface area contributed by atoms with Gasteiger partial charge in [-0.1, -0.05) is 6.92 Å². The third-order valence-corrected chi connectivity index (χ3v) is 3.84. The van der Waals surface area contributed by atoms with Crippen LogP contribution < -0.4 is 10.6 Å². The summed E-state index contributed by atoms with van der Waals surface area (Å²) < 4.78 is 20.0. The highest BCUT2D eigenvalue weighted by Gasteiger charge is 2.26. The maximum absolute atomic E-state index is 14.5. The van der Waals surface area contributed by atoms with E-state index in [2.05, 4.69) is 16.8 Å². The van der Waals surface area contributed by atoms with E-state index in [0.29, 0.717) is 36.6 Å². The molecule has 2 N–H and O–H groups in total. The first-order chi connectivity index (χ1) is 9.72. The molecular weight excluding hydrogens is 257 g/mol. The normalized spacial score (nSPS) is 19.5. The van der Waals surface area contributed by atoms with E-state index in [0.717, 1.165) is 11.8 Å². The standard InChI is InChI=1S/C15H18FN3O/c1-2-10-9-20-7-6-19(10)15-12(16)8-13(17)11-4-3-5-18-14(11)15/h3-5,8,10H,2,6-7,9,17H2,1H3. The second-order valence-electron chi connectivity index (χ2n) is 5.03. The third kappa shape index (κ3) is 2.08. The fourth-order valence-corrected chi connectivity index (χ4v) is 2.78. The van der Waals surface area contributed by atoms with Crippen LogP contribution in [0.5, 0.6) is 0 Å². The molecule has 1 atom stereocenters. The highest BCUT2D eigenvalue weighted by atomic mass is 19.1. The van der Waals surface area contributed by atoms with E-state index in [4.69, 9.17) is 10.5 Å². The van der Waals surface area contributed by atoms with E-state index >= 15 is 0 Å². The number of benzene rings is 1. The Balaban J connectivity index is 2.19. The molecule has 1 aromatic carbocycles. The molecule has 0 spiro atoms. The number of morpholine rings is 1. The molecule has 1 aliphatic rings. The van der Waals surface area contributed by atoms with E-state index in [9.17, 15) is 4.39 Å². The fraction of sp³-hybridized carbons (Fsp3) is 0.400. The van der Waals surface area contributed by atoms with Crippen LogP contribution in [0.4, 0.5) is 15.8 Å². The van der Waals surface area contributed by atoms with Crippen LogP contribution in [0.3, 0.4) is 0 Å². The molecule has 0 bridgehead atoms. The van der Waals surface area contributed by atoms with E-state index < -0.39 is 0 Å². The molecule has 2 aromatic rings. The fourth-order valence-electron chi connectivity index (χ4n) is 2.78. The van der Waals surface area contributed by atoms with Gasteiger partial charge in [-0.2, -0.15) is 0 Å². The molecule has 1 fully saturated rings. The number of fused-ring (bicyclic) bond motifs is 1. The topological polar surface area (TPSA) is 51.4 Å². The van der Waals surface area contributed by atoms with Crippen LogP contribution in [0.15, 0.2) is 24.4 Å². The summed E-state index contributed by atoms with van der Waals surface area (Å²) >= 11 is 0. The zero-order valence-corrected chi connectivity index (χ0v) is 11.5. The maximum Gasteiger partial charge on any atom is 0.150 e. The second kappa shape index (κ2) is 5.25. The minimum atomic E-state index is -0.311. The summed E-state index contributed by atoms with van der Waals surface area (Å²) in [6, 6.07) is 5.26. The van der Waals surface area contributed by atoms with Gasteiger partial charge < -0.3 is 15.4 Å². The molecule has 2 heterocycles. The molecule has 5 heteroatoms. The Bertz CT molecular complexity index is 632. The summed E-state index contributed by atoms with van der Waals surface area (Å²) in [6.07, 6.45) is 2.57. The van der Waals surface area contributed by atoms with Crippen molar-refractivity contribution >= 4 is 22.3 Å². The van der Waals surface area contributed by atoms with Gasteiger partial charge in [0.2, 0.25) is 0 Å². The number of ether oxygens (including phenoxy) is 1. The van der Waals surface area contributed by atoms with Crippen LogP contribution in [0.1, 0.15) is 13.3 Å². The van der Waals surface area contributed by atoms with Gasteiger partial charge in [-0.25, -0.2) is 4.39 Å². The van der Waals surface area contributed by atoms with Crippen LogP contribution >= 0.6 is 0 Å². The molecule has 0 aliphatic carbocycles. The molecule has 1 saturated heterocycles. The Morgan fingerprint density at radius 2 is 2.40 bits per heavy atom. The second-order valence-corrected chi connectivity index (χ2v) is 5.03. The van der Waals surface area contributed by atoms with Gasteiger partial charge in [0.05, 0.1) is 24.8 Å². The Labute approximate surface area is 117 Å². The first kappa shape index (κ1) is 13.1. The van der Waals surface area contributed by atoms with E-state index in [1.54, 1.807) is 6.20 Å². The molecule has 3 rings (SSSR count). The van der Waals surface area contributed by atoms with Crippen molar-refractivity contribution in [2.24, 2.45) is 0 Å². The van der Waals surface area contributed by atoms with Gasteiger partial charge >= 0.3 is 0 Å². The van der Waals surface area contributed by atoms with Crippen molar-refractivity contribution in [3.05, 3.63) is 30.2 Å². The summed E-state index contributed by atoms with van der Waals surface area (Å²) in [5.41, 5.74) is 7.50. The summed E-state index contributed by atoms with van der Waals surface area (Å²) in [7, 11) is 0. The molecular formula is C15H18FN3O. The minimum Gasteiger partial charge on any atom is -0.398 e. The van der Waals surface area contributed by atoms with Crippen molar-refractivity contribution in [2.45, 2.75) is 19.4 Å². The zero-order chi connectivity index (χ0) is 14.1. The number of aromatic nitrogens is 1. The van der Waals surface area contributed by atoms with Gasteiger partial charge in [0.25, 0.3) is 0 Å². The number of halogens is 1. The molecule has 1 unspecified atom stereocenters. The molecule has 0 saturated carbocycles. The van der Waals surface area contributed by atoms with Crippen molar-refractivity contribution < 1.29 is 9.13 Å². The van der Waals surface area contributed by atoms with Crippen molar-refractivity contribution in [1.82, 2.24) is 4.98 Å². The number of pyridine rings is 1. The largest absolute Gasteiger partial charge is 0.398 e. The molecule has 0 amide bonds. The summed E-state index contributed by atoms with van der Waals surface area (Å²) in [4.78, 5) is 6.41. The van der Waals surface area contributed by atoms with E-state index in [-0.39, 0.29) is 11.9 Å². The summed E-state index contributed by atoms with van der Waals surface area (Å²) in [6.45, 7) is 3.98. The van der Waals surface area contributed by atoms with Gasteiger partial charge in [0.15, 0.2) is 5.82 Å². The molecule has 0 radical (unpaired) electrons. The average molecular weight is 275 g/mol. The number of nitrogen functional groups attached to an aromatic ring is 1. The number of nitrogens with two attached hydrogens (primary N) is 1. The SMILES string of the molecule is CCC1COCCN1c1c(F)cc(N)c2cccnc12. The Morgan fingerprint density at radius 1 is 1.55 bits per heavy atom. The number of rotatable bonds is 2. The Hall–Kier alpha value is -1.88. The maximum atomic E-state index is 14.5. The lowest BCUT2D eigenvalue weighted by Gasteiger charge is -2.37. The van der Waals surface area contributed by atoms with Crippen LogP contribution in [-0.2, 0) is 4.74 Å². The number of hydrogen-bond acceptors (Lipinski definition) is 4. The highest BCUT2D eigenvalue weighted by molar-refractivity contribution is 5.99. The first-order valence-corrected chi connectivity index (χ1v) is 6.89. The summed E-state index contributed by atoms with van der Waals surface area (Å²) in [5, 5.41) is 0.797. The van der Waals surface area contributed by atoms with Gasteiger partial charge in [0, 0.05) is 23.8 Å². The number of hydrogen-bond donors (Lipinski definition) is 1. The average Bonchev–Trinajstić information content (AvgIpc) is 2.48. The monoisotopic (exact) mass is 275 g/mol. The van der Waals surface area contributed by atoms with Gasteiger partial charge in [-0.15, -0.1) is 0 Å². The lowest BCUT2D eigenvalue weighted by atomic mass is 10.1. The van der Waals surface area contributed by atoms with Crippen molar-refractivity contribution in [3.8, 4) is 0 Å². The van der Waals surface area contributed by atoms with Gasteiger partial charge in [0.1, 0.15) is 5.69 Å². The van der Waals surface area contributed by atoms with Crippen molar-refractivity contribution in [3.63, 3.8) is 0 Å². The van der Waals surface area contributed by atoms with Crippen molar-refractivity contribution in [2.75, 3.05) is 30.4 Å². The molecule has 20 heavy (non-hydrogen) atoms. The molecule has 4 nitrogen and oxygen atoms in total. The van der Waals surface area contributed by atoms with E-state index in [1.165, 1.54) is 6.07 Å². The predicted octanol–water partition coefficient (Wildman–Crippen LogP) is 2.57. The molecule has 106 valence electrons. The smallest absolute Gasteiger partial charge is 0.150 e. The van der Waals surface area contributed by atoms with Crippen LogP contribution in [0.25, 0.3) is 10.9 Å². The van der Waals surface area contributed by atoms with Gasteiger partial charge in [-0.3, -0.25) is 4.98 Å². The summed E-state index contributed by atoms with van der Waals surface area (Å²) in [5.74, 6) is -0.311. The molecule has 1 aliphatic heterocycles.